The van der Waals surface area contributed by atoms with Crippen molar-refractivity contribution in [3.05, 3.63) is 154 Å². The summed E-state index contributed by atoms with van der Waals surface area (Å²) in [7, 11) is 0. The smallest absolute Gasteiger partial charge is 0.187 e. The van der Waals surface area contributed by atoms with E-state index in [0.717, 1.165) is 16.7 Å². The average molecular weight is 565 g/mol. The highest BCUT2D eigenvalue weighted by molar-refractivity contribution is 6.00. The van der Waals surface area contributed by atoms with Crippen molar-refractivity contribution in [1.29, 1.82) is 0 Å². The highest BCUT2D eigenvalue weighted by atomic mass is 16.3. The molecule has 0 saturated carbocycles. The molecule has 0 amide bonds. The first-order valence-corrected chi connectivity index (χ1v) is 14.7. The molecule has 1 unspecified atom stereocenters. The van der Waals surface area contributed by atoms with Gasteiger partial charge in [-0.3, -0.25) is 4.79 Å². The molecule has 0 aromatic carbocycles. The molecule has 0 saturated heterocycles. The lowest BCUT2D eigenvalue weighted by Gasteiger charge is -2.34. The average Bonchev–Trinajstić information content (AvgIpc) is 2.89. The first-order chi connectivity index (χ1) is 19.7. The molecule has 224 valence electrons. The summed E-state index contributed by atoms with van der Waals surface area (Å²) in [4.78, 5) is 12.2. The number of aliphatic hydroxyl groups is 1. The van der Waals surface area contributed by atoms with Gasteiger partial charge in [-0.05, 0) is 78.4 Å². The van der Waals surface area contributed by atoms with E-state index in [2.05, 4.69) is 134 Å². The maximum Gasteiger partial charge on any atom is 0.187 e. The van der Waals surface area contributed by atoms with Gasteiger partial charge in [0.15, 0.2) is 5.78 Å². The predicted molar refractivity (Wildman–Crippen MR) is 185 cm³/mol. The number of carbonyl (C=O) groups is 1. The summed E-state index contributed by atoms with van der Waals surface area (Å²) >= 11 is 0. The number of ketones is 1. The zero-order valence-electron chi connectivity index (χ0n) is 27.5. The minimum absolute atomic E-state index is 0.163. The van der Waals surface area contributed by atoms with Gasteiger partial charge in [-0.25, -0.2) is 0 Å². The van der Waals surface area contributed by atoms with Crippen molar-refractivity contribution in [2.75, 3.05) is 0 Å². The second kappa shape index (κ2) is 18.6. The Balaban J connectivity index is 2.67. The molecule has 1 rings (SSSR count). The minimum atomic E-state index is -0.895. The Bertz CT molecular complexity index is 1340. The van der Waals surface area contributed by atoms with Gasteiger partial charge in [0.05, 0.1) is 0 Å². The Morgan fingerprint density at radius 1 is 0.619 bits per heavy atom. The minimum Gasteiger partial charge on any atom is -0.385 e. The van der Waals surface area contributed by atoms with Crippen molar-refractivity contribution in [3.63, 3.8) is 0 Å². The largest absolute Gasteiger partial charge is 0.385 e. The van der Waals surface area contributed by atoms with Crippen molar-refractivity contribution >= 4 is 5.78 Å². The summed E-state index contributed by atoms with van der Waals surface area (Å²) in [5.41, 5.74) is 8.54. The van der Waals surface area contributed by atoms with Crippen LogP contribution in [-0.4, -0.2) is 17.0 Å². The second-order valence-corrected chi connectivity index (χ2v) is 12.0. The lowest BCUT2D eigenvalue weighted by atomic mass is 9.71. The van der Waals surface area contributed by atoms with Crippen LogP contribution in [0.2, 0.25) is 0 Å². The van der Waals surface area contributed by atoms with E-state index in [1.54, 1.807) is 0 Å². The highest BCUT2D eigenvalue weighted by Gasteiger charge is 2.36. The number of aliphatic hydroxyl groups excluding tert-OH is 1. The molecule has 1 aliphatic rings. The number of hydrogen-bond acceptors (Lipinski definition) is 2. The van der Waals surface area contributed by atoms with Crippen molar-refractivity contribution in [1.82, 2.24) is 0 Å². The normalized spacial score (nSPS) is 20.2. The van der Waals surface area contributed by atoms with E-state index in [-0.39, 0.29) is 11.2 Å². The van der Waals surface area contributed by atoms with Gasteiger partial charge < -0.3 is 5.11 Å². The SMILES string of the molecule is CC(C)=C\C=C/C(C)=C/C=C/C(C)=C/C=C/C(C)=C/C=C/C=C(C)/C=C/C=C(C)/C=C/C1=C(C)C(=O)C(O)CC1(C)C. The molecular weight excluding hydrogens is 512 g/mol. The van der Waals surface area contributed by atoms with Gasteiger partial charge in [-0.15, -0.1) is 0 Å². The molecule has 1 aliphatic carbocycles. The van der Waals surface area contributed by atoms with Crippen LogP contribution < -0.4 is 0 Å². The topological polar surface area (TPSA) is 37.3 Å². The van der Waals surface area contributed by atoms with E-state index >= 15 is 0 Å². The summed E-state index contributed by atoms with van der Waals surface area (Å²) in [6, 6.07) is 0. The monoisotopic (exact) mass is 564 g/mol. The van der Waals surface area contributed by atoms with E-state index in [0.29, 0.717) is 12.0 Å². The van der Waals surface area contributed by atoms with Crippen LogP contribution in [0.3, 0.4) is 0 Å². The molecule has 1 N–H and O–H groups in total. The van der Waals surface area contributed by atoms with E-state index in [1.165, 1.54) is 22.3 Å². The van der Waals surface area contributed by atoms with E-state index in [1.807, 2.05) is 44.2 Å². The van der Waals surface area contributed by atoms with Crippen LogP contribution >= 0.6 is 0 Å². The fourth-order valence-corrected chi connectivity index (χ4v) is 4.28. The summed E-state index contributed by atoms with van der Waals surface area (Å²) < 4.78 is 0. The third kappa shape index (κ3) is 14.8. The van der Waals surface area contributed by atoms with Gasteiger partial charge in [0.1, 0.15) is 6.10 Å². The lowest BCUT2D eigenvalue weighted by Crippen LogP contribution is -2.35. The molecular formula is C40H52O2. The molecule has 0 radical (unpaired) electrons. The Hall–Kier alpha value is -3.75. The van der Waals surface area contributed by atoms with Crippen LogP contribution in [0.5, 0.6) is 0 Å². The van der Waals surface area contributed by atoms with E-state index in [4.69, 9.17) is 0 Å². The first-order valence-electron chi connectivity index (χ1n) is 14.7. The summed E-state index contributed by atoms with van der Waals surface area (Å²) in [5.74, 6) is -0.163. The zero-order valence-corrected chi connectivity index (χ0v) is 27.5. The van der Waals surface area contributed by atoms with Crippen LogP contribution in [0.25, 0.3) is 0 Å². The molecule has 0 spiro atoms. The predicted octanol–water partition coefficient (Wildman–Crippen LogP) is 10.7. The summed E-state index contributed by atoms with van der Waals surface area (Å²) in [5, 5.41) is 10.0. The van der Waals surface area contributed by atoms with Crippen molar-refractivity contribution < 1.29 is 9.90 Å². The Morgan fingerprint density at radius 2 is 0.976 bits per heavy atom. The number of carbonyl (C=O) groups excluding carboxylic acids is 1. The number of hydrogen-bond donors (Lipinski definition) is 1. The first kappa shape index (κ1) is 36.3. The number of rotatable bonds is 12. The van der Waals surface area contributed by atoms with Crippen molar-refractivity contribution in [2.24, 2.45) is 5.41 Å². The number of Topliss-reactive ketones (excluding diaryl/α,β-unsaturated/α-hetero) is 1. The summed E-state index contributed by atoms with van der Waals surface area (Å²) in [6.07, 6.45) is 36.9. The molecule has 2 nitrogen and oxygen atoms in total. The van der Waals surface area contributed by atoms with Crippen LogP contribution in [0, 0.1) is 5.41 Å². The van der Waals surface area contributed by atoms with E-state index < -0.39 is 6.10 Å². The van der Waals surface area contributed by atoms with E-state index in [9.17, 15) is 9.90 Å². The fraction of sp³-hybridized carbons (Fsp3) is 0.325. The van der Waals surface area contributed by atoms with Gasteiger partial charge in [-0.1, -0.05) is 157 Å². The molecule has 0 aliphatic heterocycles. The van der Waals surface area contributed by atoms with Gasteiger partial charge >= 0.3 is 0 Å². The van der Waals surface area contributed by atoms with Gasteiger partial charge in [0.2, 0.25) is 0 Å². The molecule has 0 fully saturated rings. The van der Waals surface area contributed by atoms with Gasteiger partial charge in [0, 0.05) is 0 Å². The van der Waals surface area contributed by atoms with Gasteiger partial charge in [-0.2, -0.15) is 0 Å². The summed E-state index contributed by atoms with van der Waals surface area (Å²) in [6.45, 7) is 20.5. The molecule has 2 heteroatoms. The standard InChI is InChI=1S/C40H52O2/c1-30(2)17-13-20-33(5)23-15-25-34(6)24-14-21-31(3)18-11-12-19-32(4)22-16-26-35(7)27-28-37-36(8)39(42)38(41)29-40(37,9)10/h11-28,38,41H,29H2,1-10H3/b12-11+,20-13-,21-14+,22-16+,25-15+,28-27+,31-18+,32-19+,33-23+,34-24+,35-26+. The zero-order chi connectivity index (χ0) is 31.7. The molecule has 0 aromatic heterocycles. The lowest BCUT2D eigenvalue weighted by molar-refractivity contribution is -0.125. The molecule has 42 heavy (non-hydrogen) atoms. The van der Waals surface area contributed by atoms with Crippen molar-refractivity contribution in [2.45, 2.75) is 81.8 Å². The quantitative estimate of drug-likeness (QED) is 0.239. The van der Waals surface area contributed by atoms with Crippen LogP contribution in [-0.2, 0) is 4.79 Å². The van der Waals surface area contributed by atoms with Crippen LogP contribution in [0.4, 0.5) is 0 Å². The Morgan fingerprint density at radius 3 is 1.38 bits per heavy atom. The van der Waals surface area contributed by atoms with Crippen LogP contribution in [0.15, 0.2) is 154 Å². The number of allylic oxidation sites excluding steroid dienone is 25. The second-order valence-electron chi connectivity index (χ2n) is 12.0. The molecule has 0 heterocycles. The fourth-order valence-electron chi connectivity index (χ4n) is 4.28. The molecule has 0 aromatic rings. The third-order valence-corrected chi connectivity index (χ3v) is 6.79. The Kier molecular flexibility index (Phi) is 16.1. The van der Waals surface area contributed by atoms with Gasteiger partial charge in [0.25, 0.3) is 0 Å². The maximum atomic E-state index is 12.2. The highest BCUT2D eigenvalue weighted by Crippen LogP contribution is 2.39. The Labute approximate surface area is 256 Å². The third-order valence-electron chi connectivity index (χ3n) is 6.79. The van der Waals surface area contributed by atoms with Crippen molar-refractivity contribution in [3.8, 4) is 0 Å². The molecule has 0 bridgehead atoms. The molecule has 1 atom stereocenters. The van der Waals surface area contributed by atoms with Crippen LogP contribution in [0.1, 0.15) is 75.7 Å². The maximum absolute atomic E-state index is 12.2.